The molecule has 0 aliphatic rings. The first-order chi connectivity index (χ1) is 9.81. The third kappa shape index (κ3) is 4.62. The van der Waals surface area contributed by atoms with Crippen LogP contribution in [-0.2, 0) is 12.8 Å². The van der Waals surface area contributed by atoms with Crippen molar-refractivity contribution in [3.8, 4) is 0 Å². The molecule has 0 bridgehead atoms. The molecule has 0 N–H and O–H groups in total. The minimum Gasteiger partial charge on any atom is -0.151 e. The van der Waals surface area contributed by atoms with E-state index in [-0.39, 0.29) is 0 Å². The van der Waals surface area contributed by atoms with E-state index in [4.69, 9.17) is 23.2 Å². The van der Waals surface area contributed by atoms with Crippen molar-refractivity contribution in [3.63, 3.8) is 0 Å². The first-order valence-corrected chi connectivity index (χ1v) is 7.60. The molecule has 2 nitrogen and oxygen atoms in total. The second kappa shape index (κ2) is 8.03. The largest absolute Gasteiger partial charge is 0.151 e. The van der Waals surface area contributed by atoms with E-state index in [2.05, 4.69) is 10.2 Å². The van der Waals surface area contributed by atoms with E-state index < -0.39 is 0 Å². The Morgan fingerprint density at radius 3 is 1.25 bits per heavy atom. The summed E-state index contributed by atoms with van der Waals surface area (Å²) < 4.78 is 0. The van der Waals surface area contributed by atoms with Gasteiger partial charge in [0.2, 0.25) is 0 Å². The van der Waals surface area contributed by atoms with E-state index >= 15 is 0 Å². The van der Waals surface area contributed by atoms with Crippen molar-refractivity contribution >= 4 is 34.6 Å². The van der Waals surface area contributed by atoms with Crippen LogP contribution in [0, 0.1) is 0 Å². The van der Waals surface area contributed by atoms with Gasteiger partial charge in [0.15, 0.2) is 0 Å². The van der Waals surface area contributed by atoms with Crippen LogP contribution < -0.4 is 0 Å². The lowest BCUT2D eigenvalue weighted by atomic mass is 10.1. The van der Waals surface area contributed by atoms with E-state index in [1.807, 2.05) is 48.5 Å². The highest BCUT2D eigenvalue weighted by atomic mass is 35.5. The zero-order valence-electron chi connectivity index (χ0n) is 11.1. The van der Waals surface area contributed by atoms with Gasteiger partial charge in [0.05, 0.1) is 11.4 Å². The number of rotatable bonds is 6. The van der Waals surface area contributed by atoms with Crippen LogP contribution >= 0.6 is 23.2 Å². The molecule has 4 heteroatoms. The smallest absolute Gasteiger partial charge is 0.0857 e. The Kier molecular flexibility index (Phi) is 6.03. The zero-order chi connectivity index (χ0) is 14.2. The number of benzene rings is 2. The molecule has 0 heterocycles. The summed E-state index contributed by atoms with van der Waals surface area (Å²) in [5, 5.41) is 8.44. The van der Waals surface area contributed by atoms with Crippen LogP contribution in [0.15, 0.2) is 58.8 Å². The fourth-order valence-electron chi connectivity index (χ4n) is 1.79. The van der Waals surface area contributed by atoms with Gasteiger partial charge in [-0.25, -0.2) is 0 Å². The van der Waals surface area contributed by atoms with Gasteiger partial charge in [-0.15, -0.1) is 23.2 Å². The lowest BCUT2D eigenvalue weighted by Crippen LogP contribution is -1.84. The SMILES string of the molecule is ClCCc1ccc(N=Nc2ccc(CCCl)cc2)cc1. The lowest BCUT2D eigenvalue weighted by Gasteiger charge is -1.99. The minimum atomic E-state index is 0.634. The number of hydrogen-bond acceptors (Lipinski definition) is 2. The van der Waals surface area contributed by atoms with Gasteiger partial charge in [-0.1, -0.05) is 24.3 Å². The predicted octanol–water partition coefficient (Wildman–Crippen LogP) is 5.66. The number of halogens is 2. The monoisotopic (exact) mass is 306 g/mol. The Bertz CT molecular complexity index is 496. The molecule has 0 radical (unpaired) electrons. The fraction of sp³-hybridized carbons (Fsp3) is 0.250. The molecule has 20 heavy (non-hydrogen) atoms. The van der Waals surface area contributed by atoms with Gasteiger partial charge < -0.3 is 0 Å². The minimum absolute atomic E-state index is 0.634. The van der Waals surface area contributed by atoms with Crippen LogP contribution in [0.2, 0.25) is 0 Å². The van der Waals surface area contributed by atoms with Crippen LogP contribution in [-0.4, -0.2) is 11.8 Å². The molecule has 0 amide bonds. The van der Waals surface area contributed by atoms with Gasteiger partial charge >= 0.3 is 0 Å². The van der Waals surface area contributed by atoms with Gasteiger partial charge in [-0.3, -0.25) is 0 Å². The zero-order valence-corrected chi connectivity index (χ0v) is 12.6. The standard InChI is InChI=1S/C16H16Cl2N2/c17-11-9-13-1-5-15(6-2-13)19-20-16-7-3-14(4-8-16)10-12-18/h1-8H,9-12H2. The van der Waals surface area contributed by atoms with Gasteiger partial charge in [0, 0.05) is 11.8 Å². The van der Waals surface area contributed by atoms with Crippen molar-refractivity contribution in [2.75, 3.05) is 11.8 Å². The molecule has 2 rings (SSSR count). The molecule has 0 spiro atoms. The van der Waals surface area contributed by atoms with Crippen LogP contribution in [0.1, 0.15) is 11.1 Å². The molecular weight excluding hydrogens is 291 g/mol. The molecular formula is C16H16Cl2N2. The summed E-state index contributed by atoms with van der Waals surface area (Å²) in [4.78, 5) is 0. The summed E-state index contributed by atoms with van der Waals surface area (Å²) in [7, 11) is 0. The van der Waals surface area contributed by atoms with E-state index in [9.17, 15) is 0 Å². The summed E-state index contributed by atoms with van der Waals surface area (Å²) in [6.07, 6.45) is 1.75. The molecule has 0 saturated heterocycles. The van der Waals surface area contributed by atoms with Crippen molar-refractivity contribution in [1.29, 1.82) is 0 Å². The van der Waals surface area contributed by atoms with E-state index in [1.54, 1.807) is 0 Å². The second-order valence-corrected chi connectivity index (χ2v) is 5.17. The fourth-order valence-corrected chi connectivity index (χ4v) is 2.23. The molecule has 104 valence electrons. The van der Waals surface area contributed by atoms with Gasteiger partial charge in [-0.2, -0.15) is 10.2 Å². The van der Waals surface area contributed by atoms with Crippen LogP contribution in [0.3, 0.4) is 0 Å². The van der Waals surface area contributed by atoms with E-state index in [1.165, 1.54) is 11.1 Å². The van der Waals surface area contributed by atoms with Crippen LogP contribution in [0.25, 0.3) is 0 Å². The third-order valence-corrected chi connectivity index (χ3v) is 3.30. The van der Waals surface area contributed by atoms with Crippen molar-refractivity contribution in [3.05, 3.63) is 59.7 Å². The van der Waals surface area contributed by atoms with Crippen LogP contribution in [0.5, 0.6) is 0 Å². The number of alkyl halides is 2. The maximum absolute atomic E-state index is 5.70. The molecule has 0 atom stereocenters. The second-order valence-electron chi connectivity index (χ2n) is 4.41. The number of azo groups is 1. The normalized spacial score (nSPS) is 11.1. The van der Waals surface area contributed by atoms with Crippen molar-refractivity contribution in [2.24, 2.45) is 10.2 Å². The molecule has 0 fully saturated rings. The Morgan fingerprint density at radius 1 is 0.600 bits per heavy atom. The first kappa shape index (κ1) is 15.0. The molecule has 0 unspecified atom stereocenters. The van der Waals surface area contributed by atoms with E-state index in [0.717, 1.165) is 24.2 Å². The molecule has 2 aromatic carbocycles. The first-order valence-electron chi connectivity index (χ1n) is 6.53. The van der Waals surface area contributed by atoms with Gasteiger partial charge in [0.1, 0.15) is 0 Å². The van der Waals surface area contributed by atoms with E-state index in [0.29, 0.717) is 11.8 Å². The maximum atomic E-state index is 5.70. The lowest BCUT2D eigenvalue weighted by molar-refractivity contribution is 1.14. The van der Waals surface area contributed by atoms with Crippen molar-refractivity contribution in [1.82, 2.24) is 0 Å². The highest BCUT2D eigenvalue weighted by Crippen LogP contribution is 2.19. The number of hydrogen-bond donors (Lipinski definition) is 0. The van der Waals surface area contributed by atoms with Gasteiger partial charge in [-0.05, 0) is 48.2 Å². The summed E-state index contributed by atoms with van der Waals surface area (Å²) in [5.41, 5.74) is 4.11. The van der Waals surface area contributed by atoms with Crippen LogP contribution in [0.4, 0.5) is 11.4 Å². The highest BCUT2D eigenvalue weighted by Gasteiger charge is 1.95. The quantitative estimate of drug-likeness (QED) is 0.485. The predicted molar refractivity (Wildman–Crippen MR) is 85.9 cm³/mol. The van der Waals surface area contributed by atoms with Crippen molar-refractivity contribution < 1.29 is 0 Å². The average Bonchev–Trinajstić information content (AvgIpc) is 2.49. The molecule has 0 aromatic heterocycles. The highest BCUT2D eigenvalue weighted by molar-refractivity contribution is 6.18. The Hall–Kier alpha value is -1.38. The summed E-state index contributed by atoms with van der Waals surface area (Å²) in [5.74, 6) is 1.27. The molecule has 0 aliphatic heterocycles. The van der Waals surface area contributed by atoms with Gasteiger partial charge in [0.25, 0.3) is 0 Å². The molecule has 0 saturated carbocycles. The number of aryl methyl sites for hydroxylation is 2. The number of nitrogens with zero attached hydrogens (tertiary/aromatic N) is 2. The Balaban J connectivity index is 2.01. The van der Waals surface area contributed by atoms with Crippen molar-refractivity contribution in [2.45, 2.75) is 12.8 Å². The average molecular weight is 307 g/mol. The topological polar surface area (TPSA) is 24.7 Å². The Morgan fingerprint density at radius 2 is 0.950 bits per heavy atom. The summed E-state index contributed by atoms with van der Waals surface area (Å²) in [6, 6.07) is 15.9. The molecule has 0 aliphatic carbocycles. The molecule has 2 aromatic rings. The Labute approximate surface area is 129 Å². The summed E-state index contributed by atoms with van der Waals surface area (Å²) in [6.45, 7) is 0. The maximum Gasteiger partial charge on any atom is 0.0857 e. The summed E-state index contributed by atoms with van der Waals surface area (Å²) >= 11 is 11.4. The third-order valence-electron chi connectivity index (χ3n) is 2.92.